The number of aromatic nitrogens is 1. The van der Waals surface area contributed by atoms with Gasteiger partial charge in [0.05, 0.1) is 11.6 Å². The highest BCUT2D eigenvalue weighted by atomic mass is 32.1. The zero-order chi connectivity index (χ0) is 16.8. The first-order valence-corrected chi connectivity index (χ1v) is 8.47. The number of hydrogen-bond donors (Lipinski definition) is 2. The molecular formula is C17H21FN2O2S. The molecule has 2 N–H and O–H groups in total. The molecule has 1 atom stereocenters. The average molecular weight is 336 g/mol. The maximum absolute atomic E-state index is 12.9. The molecule has 4 nitrogen and oxygen atoms in total. The third-order valence-electron chi connectivity index (χ3n) is 3.44. The Balaban J connectivity index is 1.89. The summed E-state index contributed by atoms with van der Waals surface area (Å²) in [6.45, 7) is 4.99. The first kappa shape index (κ1) is 17.6. The first-order valence-electron chi connectivity index (χ1n) is 7.59. The molecule has 0 fully saturated rings. The van der Waals surface area contributed by atoms with Gasteiger partial charge in [-0.1, -0.05) is 13.8 Å². The summed E-state index contributed by atoms with van der Waals surface area (Å²) in [4.78, 5) is 15.7. The lowest BCUT2D eigenvalue weighted by Crippen LogP contribution is -2.29. The molecule has 0 radical (unpaired) electrons. The van der Waals surface area contributed by atoms with Crippen LogP contribution in [0.5, 0.6) is 0 Å². The standard InChI is InChI=1S/C17H21FN2O2S/c1-11(2)7-13(17(21)22)8-19-9-15-10-23-16(20-15)12-3-5-14(18)6-4-12/h3-6,10-11,13,19H,7-9H2,1-2H3,(H,21,22). The van der Waals surface area contributed by atoms with Gasteiger partial charge in [0.2, 0.25) is 0 Å². The molecular weight excluding hydrogens is 315 g/mol. The van der Waals surface area contributed by atoms with Crippen LogP contribution in [0, 0.1) is 17.7 Å². The molecule has 0 saturated carbocycles. The number of carboxylic acid groups (broad SMARTS) is 1. The Bertz CT molecular complexity index is 640. The van der Waals surface area contributed by atoms with Crippen LogP contribution in [0.4, 0.5) is 4.39 Å². The Labute approximate surface area is 139 Å². The van der Waals surface area contributed by atoms with Gasteiger partial charge in [-0.15, -0.1) is 11.3 Å². The van der Waals surface area contributed by atoms with E-state index in [1.54, 1.807) is 12.1 Å². The zero-order valence-corrected chi connectivity index (χ0v) is 14.1. The van der Waals surface area contributed by atoms with Crippen LogP contribution in [-0.4, -0.2) is 22.6 Å². The molecule has 6 heteroatoms. The van der Waals surface area contributed by atoms with Crippen LogP contribution in [0.25, 0.3) is 10.6 Å². The van der Waals surface area contributed by atoms with Gasteiger partial charge in [-0.2, -0.15) is 0 Å². The summed E-state index contributed by atoms with van der Waals surface area (Å²) in [5, 5.41) is 15.1. The van der Waals surface area contributed by atoms with Crippen LogP contribution >= 0.6 is 11.3 Å². The third-order valence-corrected chi connectivity index (χ3v) is 4.39. The fourth-order valence-corrected chi connectivity index (χ4v) is 3.15. The van der Waals surface area contributed by atoms with Gasteiger partial charge in [-0.3, -0.25) is 4.79 Å². The Morgan fingerprint density at radius 1 is 1.35 bits per heavy atom. The predicted molar refractivity (Wildman–Crippen MR) is 89.8 cm³/mol. The maximum Gasteiger partial charge on any atom is 0.307 e. The Kier molecular flexibility index (Phi) is 6.24. The fraction of sp³-hybridized carbons (Fsp3) is 0.412. The van der Waals surface area contributed by atoms with Crippen molar-refractivity contribution in [3.8, 4) is 10.6 Å². The molecule has 1 heterocycles. The van der Waals surface area contributed by atoms with Crippen molar-refractivity contribution in [3.05, 3.63) is 41.2 Å². The quantitative estimate of drug-likeness (QED) is 0.770. The van der Waals surface area contributed by atoms with Crippen LogP contribution in [0.2, 0.25) is 0 Å². The molecule has 23 heavy (non-hydrogen) atoms. The summed E-state index contributed by atoms with van der Waals surface area (Å²) in [6, 6.07) is 6.24. The predicted octanol–water partition coefficient (Wildman–Crippen LogP) is 3.79. The highest BCUT2D eigenvalue weighted by Gasteiger charge is 2.18. The van der Waals surface area contributed by atoms with E-state index in [1.807, 2.05) is 19.2 Å². The number of hydrogen-bond acceptors (Lipinski definition) is 4. The number of halogens is 1. The number of nitrogens with zero attached hydrogens (tertiary/aromatic N) is 1. The van der Waals surface area contributed by atoms with Gasteiger partial charge in [0.1, 0.15) is 10.8 Å². The lowest BCUT2D eigenvalue weighted by molar-refractivity contribution is -0.142. The van der Waals surface area contributed by atoms with E-state index in [2.05, 4.69) is 10.3 Å². The van der Waals surface area contributed by atoms with Crippen molar-refractivity contribution in [2.45, 2.75) is 26.8 Å². The second-order valence-electron chi connectivity index (χ2n) is 5.95. The van der Waals surface area contributed by atoms with Crippen molar-refractivity contribution >= 4 is 17.3 Å². The number of rotatable bonds is 8. The summed E-state index contributed by atoms with van der Waals surface area (Å²) in [5.41, 5.74) is 1.74. The minimum absolute atomic E-state index is 0.267. The van der Waals surface area contributed by atoms with Crippen LogP contribution < -0.4 is 5.32 Å². The maximum atomic E-state index is 12.9. The van der Waals surface area contributed by atoms with E-state index >= 15 is 0 Å². The summed E-state index contributed by atoms with van der Waals surface area (Å²) < 4.78 is 12.9. The summed E-state index contributed by atoms with van der Waals surface area (Å²) in [6.07, 6.45) is 0.653. The SMILES string of the molecule is CC(C)CC(CNCc1csc(-c2ccc(F)cc2)n1)C(=O)O. The molecule has 0 bridgehead atoms. The molecule has 0 spiro atoms. The number of aliphatic carboxylic acids is 1. The minimum Gasteiger partial charge on any atom is -0.481 e. The highest BCUT2D eigenvalue weighted by Crippen LogP contribution is 2.23. The van der Waals surface area contributed by atoms with Crippen molar-refractivity contribution in [1.29, 1.82) is 0 Å². The van der Waals surface area contributed by atoms with Gasteiger partial charge in [0, 0.05) is 24.0 Å². The van der Waals surface area contributed by atoms with Gasteiger partial charge >= 0.3 is 5.97 Å². The molecule has 1 unspecified atom stereocenters. The molecule has 1 aromatic heterocycles. The number of thiazole rings is 1. The number of carboxylic acids is 1. The molecule has 0 amide bonds. The van der Waals surface area contributed by atoms with E-state index in [1.165, 1.54) is 23.5 Å². The topological polar surface area (TPSA) is 62.2 Å². The molecule has 0 aliphatic carbocycles. The molecule has 2 rings (SSSR count). The second kappa shape index (κ2) is 8.17. The van der Waals surface area contributed by atoms with Crippen molar-refractivity contribution < 1.29 is 14.3 Å². The lowest BCUT2D eigenvalue weighted by atomic mass is 9.97. The van der Waals surface area contributed by atoms with Gasteiger partial charge in [-0.25, -0.2) is 9.37 Å². The van der Waals surface area contributed by atoms with E-state index < -0.39 is 5.97 Å². The number of carbonyl (C=O) groups is 1. The smallest absolute Gasteiger partial charge is 0.307 e. The highest BCUT2D eigenvalue weighted by molar-refractivity contribution is 7.13. The molecule has 124 valence electrons. The minimum atomic E-state index is -0.767. The Morgan fingerprint density at radius 3 is 2.65 bits per heavy atom. The Hall–Kier alpha value is -1.79. The van der Waals surface area contributed by atoms with Crippen LogP contribution in [0.15, 0.2) is 29.6 Å². The number of nitrogens with one attached hydrogen (secondary N) is 1. The summed E-state index contributed by atoms with van der Waals surface area (Å²) >= 11 is 1.49. The Morgan fingerprint density at radius 2 is 2.04 bits per heavy atom. The van der Waals surface area contributed by atoms with E-state index in [4.69, 9.17) is 0 Å². The normalized spacial score (nSPS) is 12.5. The third kappa shape index (κ3) is 5.41. The second-order valence-corrected chi connectivity index (χ2v) is 6.80. The van der Waals surface area contributed by atoms with Crippen LogP contribution in [0.3, 0.4) is 0 Å². The van der Waals surface area contributed by atoms with E-state index in [0.717, 1.165) is 16.3 Å². The van der Waals surface area contributed by atoms with Gasteiger partial charge in [0.15, 0.2) is 0 Å². The van der Waals surface area contributed by atoms with Gasteiger partial charge < -0.3 is 10.4 Å². The molecule has 0 aliphatic rings. The van der Waals surface area contributed by atoms with Crippen molar-refractivity contribution in [1.82, 2.24) is 10.3 Å². The average Bonchev–Trinajstić information content (AvgIpc) is 2.95. The van der Waals surface area contributed by atoms with Crippen LogP contribution in [-0.2, 0) is 11.3 Å². The van der Waals surface area contributed by atoms with Gasteiger partial charge in [-0.05, 0) is 36.6 Å². The molecule has 1 aromatic carbocycles. The summed E-state index contributed by atoms with van der Waals surface area (Å²) in [7, 11) is 0. The lowest BCUT2D eigenvalue weighted by Gasteiger charge is -2.14. The van der Waals surface area contributed by atoms with Crippen molar-refractivity contribution in [2.75, 3.05) is 6.54 Å². The number of benzene rings is 1. The van der Waals surface area contributed by atoms with Crippen molar-refractivity contribution in [3.63, 3.8) is 0 Å². The molecule has 0 saturated heterocycles. The van der Waals surface area contributed by atoms with E-state index in [-0.39, 0.29) is 11.7 Å². The fourth-order valence-electron chi connectivity index (χ4n) is 2.33. The summed E-state index contributed by atoms with van der Waals surface area (Å²) in [5.74, 6) is -1.07. The van der Waals surface area contributed by atoms with Gasteiger partial charge in [0.25, 0.3) is 0 Å². The monoisotopic (exact) mass is 336 g/mol. The van der Waals surface area contributed by atoms with E-state index in [9.17, 15) is 14.3 Å². The van der Waals surface area contributed by atoms with Crippen molar-refractivity contribution in [2.24, 2.45) is 11.8 Å². The van der Waals surface area contributed by atoms with Crippen LogP contribution in [0.1, 0.15) is 26.0 Å². The molecule has 2 aromatic rings. The zero-order valence-electron chi connectivity index (χ0n) is 13.3. The molecule has 0 aliphatic heterocycles. The van der Waals surface area contributed by atoms with E-state index in [0.29, 0.717) is 25.4 Å². The largest absolute Gasteiger partial charge is 0.481 e. The first-order chi connectivity index (χ1) is 11.0.